The quantitative estimate of drug-likeness (QED) is 0.776. The first-order valence-corrected chi connectivity index (χ1v) is 7.63. The topological polar surface area (TPSA) is 57.5 Å². The summed E-state index contributed by atoms with van der Waals surface area (Å²) in [5.41, 5.74) is 0.158. The molecule has 0 heterocycles. The molecule has 0 aromatic heterocycles. The predicted octanol–water partition coefficient (Wildman–Crippen LogP) is 3.56. The summed E-state index contributed by atoms with van der Waals surface area (Å²) in [6, 6.07) is 0. The molecule has 6 atom stereocenters. The summed E-state index contributed by atoms with van der Waals surface area (Å²) >= 11 is 0. The largest absolute Gasteiger partial charge is 0.481 e. The predicted molar refractivity (Wildman–Crippen MR) is 76.9 cm³/mol. The van der Waals surface area contributed by atoms with Crippen molar-refractivity contribution in [2.75, 3.05) is 0 Å². The Bertz CT molecular complexity index is 313. The van der Waals surface area contributed by atoms with Gasteiger partial charge < -0.3 is 10.2 Å². The normalized spacial score (nSPS) is 35.9. The van der Waals surface area contributed by atoms with Gasteiger partial charge in [0.2, 0.25) is 0 Å². The van der Waals surface area contributed by atoms with Crippen molar-refractivity contribution < 1.29 is 15.0 Å². The standard InChI is InChI=1S/C16H30O3/c1-6-16(5)13(10(2)9-15(18)19)7-8-14(16)11(3)12(4)17/h10-14,17H,6-9H2,1-5H3,(H,18,19). The molecule has 1 saturated carbocycles. The van der Waals surface area contributed by atoms with Crippen molar-refractivity contribution >= 4 is 5.97 Å². The van der Waals surface area contributed by atoms with Crippen LogP contribution >= 0.6 is 0 Å². The van der Waals surface area contributed by atoms with Crippen LogP contribution in [0.3, 0.4) is 0 Å². The van der Waals surface area contributed by atoms with Crippen LogP contribution in [-0.2, 0) is 4.79 Å². The molecule has 1 fully saturated rings. The molecule has 1 aliphatic rings. The van der Waals surface area contributed by atoms with Gasteiger partial charge in [-0.25, -0.2) is 0 Å². The van der Waals surface area contributed by atoms with E-state index in [1.165, 1.54) is 0 Å². The van der Waals surface area contributed by atoms with E-state index in [2.05, 4.69) is 27.7 Å². The van der Waals surface area contributed by atoms with Crippen LogP contribution in [-0.4, -0.2) is 22.3 Å². The van der Waals surface area contributed by atoms with Crippen LogP contribution in [0.1, 0.15) is 60.3 Å². The lowest BCUT2D eigenvalue weighted by Crippen LogP contribution is -2.38. The van der Waals surface area contributed by atoms with Crippen molar-refractivity contribution in [2.24, 2.45) is 29.1 Å². The van der Waals surface area contributed by atoms with E-state index in [0.717, 1.165) is 19.3 Å². The Morgan fingerprint density at radius 2 is 1.79 bits per heavy atom. The Balaban J connectivity index is 2.89. The lowest BCUT2D eigenvalue weighted by Gasteiger charge is -2.42. The molecule has 0 spiro atoms. The van der Waals surface area contributed by atoms with Crippen LogP contribution < -0.4 is 0 Å². The SMILES string of the molecule is CCC1(C)C(C(C)CC(=O)O)CCC1C(C)C(C)O. The van der Waals surface area contributed by atoms with Crippen LogP contribution in [0, 0.1) is 29.1 Å². The zero-order chi connectivity index (χ0) is 14.8. The summed E-state index contributed by atoms with van der Waals surface area (Å²) < 4.78 is 0. The first kappa shape index (κ1) is 16.5. The van der Waals surface area contributed by atoms with Gasteiger partial charge in [-0.2, -0.15) is 0 Å². The Hall–Kier alpha value is -0.570. The molecule has 0 aromatic carbocycles. The molecule has 0 aromatic rings. The smallest absolute Gasteiger partial charge is 0.303 e. The van der Waals surface area contributed by atoms with Crippen LogP contribution in [0.2, 0.25) is 0 Å². The first-order valence-electron chi connectivity index (χ1n) is 7.63. The molecule has 112 valence electrons. The van der Waals surface area contributed by atoms with Crippen LogP contribution in [0.25, 0.3) is 0 Å². The van der Waals surface area contributed by atoms with Crippen molar-refractivity contribution in [3.05, 3.63) is 0 Å². The van der Waals surface area contributed by atoms with Crippen LogP contribution in [0.4, 0.5) is 0 Å². The lowest BCUT2D eigenvalue weighted by molar-refractivity contribution is -0.138. The minimum atomic E-state index is -0.696. The average molecular weight is 270 g/mol. The number of rotatable bonds is 6. The fourth-order valence-corrected chi connectivity index (χ4v) is 4.37. The third-order valence-electron chi connectivity index (χ3n) is 5.82. The highest BCUT2D eigenvalue weighted by Gasteiger charge is 2.49. The molecule has 3 heteroatoms. The van der Waals surface area contributed by atoms with Gasteiger partial charge in [-0.15, -0.1) is 0 Å². The third kappa shape index (κ3) is 3.31. The van der Waals surface area contributed by atoms with Gasteiger partial charge in [0.05, 0.1) is 6.10 Å². The maximum atomic E-state index is 10.9. The number of carboxylic acid groups (broad SMARTS) is 1. The van der Waals surface area contributed by atoms with Gasteiger partial charge in [0, 0.05) is 6.42 Å². The fraction of sp³-hybridized carbons (Fsp3) is 0.938. The van der Waals surface area contributed by atoms with E-state index in [9.17, 15) is 9.90 Å². The molecule has 0 aliphatic heterocycles. The van der Waals surface area contributed by atoms with E-state index in [1.807, 2.05) is 6.92 Å². The molecule has 0 radical (unpaired) electrons. The van der Waals surface area contributed by atoms with Crippen molar-refractivity contribution in [1.29, 1.82) is 0 Å². The number of aliphatic hydroxyl groups is 1. The van der Waals surface area contributed by atoms with Gasteiger partial charge in [-0.1, -0.05) is 34.1 Å². The molecular formula is C16H30O3. The second kappa shape index (κ2) is 6.25. The zero-order valence-electron chi connectivity index (χ0n) is 13.0. The van der Waals surface area contributed by atoms with Gasteiger partial charge >= 0.3 is 5.97 Å². The maximum absolute atomic E-state index is 10.9. The second-order valence-corrected chi connectivity index (χ2v) is 6.82. The highest BCUT2D eigenvalue weighted by Crippen LogP contribution is 2.56. The van der Waals surface area contributed by atoms with E-state index < -0.39 is 5.97 Å². The summed E-state index contributed by atoms with van der Waals surface area (Å²) in [7, 11) is 0. The number of aliphatic carboxylic acids is 1. The number of hydrogen-bond acceptors (Lipinski definition) is 2. The highest BCUT2D eigenvalue weighted by atomic mass is 16.4. The monoisotopic (exact) mass is 270 g/mol. The maximum Gasteiger partial charge on any atom is 0.303 e. The van der Waals surface area contributed by atoms with Crippen LogP contribution in [0.5, 0.6) is 0 Å². The van der Waals surface area contributed by atoms with E-state index in [0.29, 0.717) is 11.8 Å². The summed E-state index contributed by atoms with van der Waals surface area (Å²) in [6.07, 6.45) is 3.25. The molecule has 2 N–H and O–H groups in total. The molecule has 0 saturated heterocycles. The van der Waals surface area contributed by atoms with Gasteiger partial charge in [-0.05, 0) is 48.9 Å². The molecule has 1 rings (SSSR count). The van der Waals surface area contributed by atoms with E-state index >= 15 is 0 Å². The summed E-state index contributed by atoms with van der Waals surface area (Å²) in [5.74, 6) is 0.761. The number of carbonyl (C=O) groups is 1. The van der Waals surface area contributed by atoms with Gasteiger partial charge in [0.25, 0.3) is 0 Å². The zero-order valence-corrected chi connectivity index (χ0v) is 13.0. The Labute approximate surface area is 117 Å². The van der Waals surface area contributed by atoms with Crippen LogP contribution in [0.15, 0.2) is 0 Å². The Morgan fingerprint density at radius 1 is 1.26 bits per heavy atom. The highest BCUT2D eigenvalue weighted by molar-refractivity contribution is 5.67. The lowest BCUT2D eigenvalue weighted by atomic mass is 9.63. The minimum absolute atomic E-state index is 0.158. The van der Waals surface area contributed by atoms with E-state index in [1.54, 1.807) is 0 Å². The van der Waals surface area contributed by atoms with Crippen molar-refractivity contribution in [1.82, 2.24) is 0 Å². The average Bonchev–Trinajstić information content (AvgIpc) is 2.65. The van der Waals surface area contributed by atoms with Crippen molar-refractivity contribution in [3.63, 3.8) is 0 Å². The first-order chi connectivity index (χ1) is 8.74. The number of hydrogen-bond donors (Lipinski definition) is 2. The molecule has 1 aliphatic carbocycles. The van der Waals surface area contributed by atoms with Crippen molar-refractivity contribution in [2.45, 2.75) is 66.4 Å². The third-order valence-corrected chi connectivity index (χ3v) is 5.82. The summed E-state index contributed by atoms with van der Waals surface area (Å²) in [6.45, 7) is 10.6. The van der Waals surface area contributed by atoms with Gasteiger partial charge in [-0.3, -0.25) is 4.79 Å². The Kier molecular flexibility index (Phi) is 5.43. The number of carboxylic acids is 1. The molecule has 19 heavy (non-hydrogen) atoms. The Morgan fingerprint density at radius 3 is 2.21 bits per heavy atom. The minimum Gasteiger partial charge on any atom is -0.481 e. The molecule has 6 unspecified atom stereocenters. The molecule has 3 nitrogen and oxygen atoms in total. The second-order valence-electron chi connectivity index (χ2n) is 6.82. The molecule has 0 amide bonds. The summed E-state index contributed by atoms with van der Waals surface area (Å²) in [5, 5.41) is 18.9. The molecule has 0 bridgehead atoms. The fourth-order valence-electron chi connectivity index (χ4n) is 4.37. The van der Waals surface area contributed by atoms with E-state index in [-0.39, 0.29) is 29.8 Å². The van der Waals surface area contributed by atoms with Gasteiger partial charge in [0.1, 0.15) is 0 Å². The van der Waals surface area contributed by atoms with Gasteiger partial charge in [0.15, 0.2) is 0 Å². The number of aliphatic hydroxyl groups excluding tert-OH is 1. The van der Waals surface area contributed by atoms with E-state index in [4.69, 9.17) is 5.11 Å². The molecular weight excluding hydrogens is 240 g/mol. The summed E-state index contributed by atoms with van der Waals surface area (Å²) in [4.78, 5) is 10.9. The van der Waals surface area contributed by atoms with Crippen molar-refractivity contribution in [3.8, 4) is 0 Å².